The van der Waals surface area contributed by atoms with Gasteiger partial charge in [-0.3, -0.25) is 52.7 Å². The highest BCUT2D eigenvalue weighted by atomic mass is 33.1. The van der Waals surface area contributed by atoms with Crippen molar-refractivity contribution >= 4 is 99.3 Å². The number of ether oxygens (including phenoxy) is 17. The maximum atomic E-state index is 13.6. The summed E-state index contributed by atoms with van der Waals surface area (Å²) < 4.78 is 97.2. The number of hydrogen-bond acceptors (Lipinski definition) is 33. The lowest BCUT2D eigenvalue weighted by Crippen LogP contribution is -2.68. The second-order valence-electron chi connectivity index (χ2n) is 19.6. The van der Waals surface area contributed by atoms with E-state index in [2.05, 4.69) is 15.4 Å². The second-order valence-corrected chi connectivity index (χ2v) is 22.1. The molecule has 3 heterocycles. The molecule has 2 amide bonds. The van der Waals surface area contributed by atoms with Gasteiger partial charge in [0, 0.05) is 75.0 Å². The Bertz CT molecular complexity index is 2400. The summed E-state index contributed by atoms with van der Waals surface area (Å²) in [6, 6.07) is -3.13. The topological polar surface area (TPSA) is 423 Å². The van der Waals surface area contributed by atoms with Crippen molar-refractivity contribution in [1.82, 2.24) is 10.6 Å². The number of methoxy groups -OCH3 is 1. The molecule has 0 aromatic rings. The molecule has 0 spiro atoms. The quantitative estimate of drug-likeness (QED) is 0.0535. The van der Waals surface area contributed by atoms with E-state index < -0.39 is 219 Å². The molecule has 3 saturated heterocycles. The monoisotopic (exact) mass is 1260 g/mol. The maximum Gasteiger partial charge on any atom is 0.408 e. The molecule has 85 heavy (non-hydrogen) atoms. The Morgan fingerprint density at radius 1 is 0.459 bits per heavy atom. The molecule has 0 aromatic carbocycles. The molecule has 17 unspecified atom stereocenters. The largest absolute Gasteiger partial charge is 0.467 e. The molecular weight excluding hydrogens is 1190 g/mol. The zero-order chi connectivity index (χ0) is 64.2. The lowest BCUT2D eigenvalue weighted by atomic mass is 9.95. The third kappa shape index (κ3) is 24.0. The minimum Gasteiger partial charge on any atom is -0.467 e. The molecule has 0 aromatic heterocycles. The van der Waals surface area contributed by atoms with E-state index in [4.69, 9.17) is 75.8 Å². The molecule has 480 valence electrons. The minimum absolute atomic E-state index is 0.406. The van der Waals surface area contributed by atoms with Gasteiger partial charge in [-0.25, -0.2) is 9.59 Å². The predicted molar refractivity (Wildman–Crippen MR) is 279 cm³/mol. The van der Waals surface area contributed by atoms with E-state index in [9.17, 15) is 67.4 Å². The van der Waals surface area contributed by atoms with Crippen molar-refractivity contribution < 1.29 is 148 Å². The Morgan fingerprint density at radius 2 is 0.812 bits per heavy atom. The number of amides is 2. The normalized spacial score (nSPS) is 27.9. The lowest BCUT2D eigenvalue weighted by Gasteiger charge is -2.50. The van der Waals surface area contributed by atoms with Gasteiger partial charge in [0.2, 0.25) is 5.91 Å². The zero-order valence-corrected chi connectivity index (χ0v) is 50.5. The van der Waals surface area contributed by atoms with Gasteiger partial charge in [-0.15, -0.1) is 0 Å². The molecule has 0 radical (unpaired) electrons. The van der Waals surface area contributed by atoms with Crippen LogP contribution in [0.5, 0.6) is 0 Å². The Labute approximate surface area is 494 Å². The molecule has 33 nitrogen and oxygen atoms in total. The van der Waals surface area contributed by atoms with Gasteiger partial charge in [-0.1, -0.05) is 21.6 Å². The standard InChI is InChI=1S/C50H72N2O31S2/c1-20(54)68-16-32-35(71-23(4)57)38(72-24(5)58)41(75-27(8)61)46(78-32)81-36-33(17-69-21(2)55)79-47(42(76-28(9)62)39(36)73-25(6)59)82-37-34(18-70-22(3)56)80-48(43(77-29(10)63)40(37)74-26(7)60)85-84-19-31(52-49(66)83-50(11,12)13)44(64)51-30(15-53)45(65)67-14/h30-43,46-48,53H,15-19H2,1-14H3,(H,51,64)(H,52,66). The van der Waals surface area contributed by atoms with E-state index >= 15 is 0 Å². The fourth-order valence-corrected chi connectivity index (χ4v) is 10.8. The van der Waals surface area contributed by atoms with Gasteiger partial charge < -0.3 is 96.3 Å². The van der Waals surface area contributed by atoms with Crippen molar-refractivity contribution in [1.29, 1.82) is 0 Å². The van der Waals surface area contributed by atoms with Crippen LogP contribution in [-0.4, -0.2) is 231 Å². The van der Waals surface area contributed by atoms with Crippen LogP contribution in [0.25, 0.3) is 0 Å². The van der Waals surface area contributed by atoms with E-state index in [1.165, 1.54) is 0 Å². The van der Waals surface area contributed by atoms with Crippen LogP contribution in [0, 0.1) is 0 Å². The first-order valence-corrected chi connectivity index (χ1v) is 28.2. The van der Waals surface area contributed by atoms with E-state index in [-0.39, 0.29) is 0 Å². The Balaban J connectivity index is 2.27. The summed E-state index contributed by atoms with van der Waals surface area (Å²) in [6.07, 6.45) is -27.2. The van der Waals surface area contributed by atoms with Crippen LogP contribution in [0.15, 0.2) is 0 Å². The highest BCUT2D eigenvalue weighted by molar-refractivity contribution is 8.76. The molecule has 0 aliphatic carbocycles. The van der Waals surface area contributed by atoms with Crippen LogP contribution in [0.4, 0.5) is 4.79 Å². The van der Waals surface area contributed by atoms with Crippen LogP contribution >= 0.6 is 21.6 Å². The van der Waals surface area contributed by atoms with E-state index in [0.717, 1.165) is 87.1 Å². The molecule has 3 aliphatic rings. The molecular formula is C50H72N2O31S2. The van der Waals surface area contributed by atoms with Gasteiger partial charge in [0.05, 0.1) is 13.7 Å². The number of nitrogens with one attached hydrogen (secondary N) is 2. The highest BCUT2D eigenvalue weighted by Gasteiger charge is 2.60. The van der Waals surface area contributed by atoms with E-state index in [1.54, 1.807) is 20.8 Å². The summed E-state index contributed by atoms with van der Waals surface area (Å²) in [6.45, 7) is 11.0. The summed E-state index contributed by atoms with van der Waals surface area (Å²) >= 11 is 0. The van der Waals surface area contributed by atoms with Crippen molar-refractivity contribution in [2.75, 3.05) is 39.3 Å². The molecule has 35 heteroatoms. The van der Waals surface area contributed by atoms with Crippen molar-refractivity contribution in [3.05, 3.63) is 0 Å². The smallest absolute Gasteiger partial charge is 0.408 e. The first-order chi connectivity index (χ1) is 39.6. The van der Waals surface area contributed by atoms with Crippen LogP contribution < -0.4 is 10.6 Å². The van der Waals surface area contributed by atoms with Crippen molar-refractivity contribution in [2.45, 2.75) is 199 Å². The fraction of sp³-hybridized carbons (Fsp3) is 0.740. The maximum absolute atomic E-state index is 13.6. The lowest BCUT2D eigenvalue weighted by molar-refractivity contribution is -0.372. The average Bonchev–Trinajstić information content (AvgIpc) is 1.13. The number of carbonyl (C=O) groups is 13. The van der Waals surface area contributed by atoms with Gasteiger partial charge in [0.15, 0.2) is 66.8 Å². The van der Waals surface area contributed by atoms with Crippen LogP contribution in [-0.2, 0) is 138 Å². The predicted octanol–water partition coefficient (Wildman–Crippen LogP) is -0.932. The average molecular weight is 1260 g/mol. The van der Waals surface area contributed by atoms with Crippen LogP contribution in [0.2, 0.25) is 0 Å². The van der Waals surface area contributed by atoms with Gasteiger partial charge in [-0.05, 0) is 20.8 Å². The number of carbonyl (C=O) groups excluding carboxylic acids is 13. The number of aliphatic hydroxyl groups excluding tert-OH is 1. The molecule has 0 saturated carbocycles. The first-order valence-electron chi connectivity index (χ1n) is 25.8. The van der Waals surface area contributed by atoms with Crippen molar-refractivity contribution in [3.63, 3.8) is 0 Å². The third-order valence-electron chi connectivity index (χ3n) is 11.2. The molecule has 3 N–H and O–H groups in total. The van der Waals surface area contributed by atoms with Crippen molar-refractivity contribution in [3.8, 4) is 0 Å². The fourth-order valence-electron chi connectivity index (χ4n) is 8.23. The highest BCUT2D eigenvalue weighted by Crippen LogP contribution is 2.42. The Kier molecular flexibility index (Phi) is 29.0. The molecule has 3 fully saturated rings. The summed E-state index contributed by atoms with van der Waals surface area (Å²) in [5, 5.41) is 14.5. The minimum atomic E-state index is -2.13. The first kappa shape index (κ1) is 72.6. The summed E-state index contributed by atoms with van der Waals surface area (Å²) in [5.41, 5.74) is -2.57. The van der Waals surface area contributed by atoms with Crippen LogP contribution in [0.3, 0.4) is 0 Å². The summed E-state index contributed by atoms with van der Waals surface area (Å²) in [5.74, 6) is -12.5. The third-order valence-corrected chi connectivity index (χ3v) is 13.8. The van der Waals surface area contributed by atoms with Gasteiger partial charge in [0.25, 0.3) is 0 Å². The molecule has 17 atom stereocenters. The number of aliphatic hydroxyl groups is 1. The summed E-state index contributed by atoms with van der Waals surface area (Å²) in [7, 11) is 2.50. The van der Waals surface area contributed by atoms with Gasteiger partial charge >= 0.3 is 71.8 Å². The van der Waals surface area contributed by atoms with Crippen molar-refractivity contribution in [2.24, 2.45) is 0 Å². The zero-order valence-electron chi connectivity index (χ0n) is 48.9. The molecule has 3 rings (SSSR count). The number of esters is 11. The number of rotatable bonds is 26. The second kappa shape index (κ2) is 33.9. The SMILES string of the molecule is COC(=O)C(CO)NC(=O)C(CSSC1OC(COC(C)=O)C(OC2OC(COC(C)=O)C(OC3OC(COC(C)=O)C(OC(C)=O)C(OC(C)=O)C3OC(C)=O)C(OC(C)=O)C2OC(C)=O)C(OC(C)=O)C1OC(C)=O)NC(=O)OC(C)(C)C. The van der Waals surface area contributed by atoms with Gasteiger partial charge in [-0.2, -0.15) is 0 Å². The summed E-state index contributed by atoms with van der Waals surface area (Å²) in [4.78, 5) is 166. The molecule has 3 aliphatic heterocycles. The van der Waals surface area contributed by atoms with E-state index in [0.29, 0.717) is 10.8 Å². The van der Waals surface area contributed by atoms with Gasteiger partial charge in [0.1, 0.15) is 62.0 Å². The number of alkyl carbamates (subject to hydrolysis) is 1. The molecule has 0 bridgehead atoms. The Morgan fingerprint density at radius 3 is 1.19 bits per heavy atom. The van der Waals surface area contributed by atoms with Crippen LogP contribution in [0.1, 0.15) is 90.0 Å². The number of hydrogen-bond donors (Lipinski definition) is 3. The Hall–Kier alpha value is -6.63. The van der Waals surface area contributed by atoms with E-state index in [1.807, 2.05) is 0 Å².